The molecule has 0 aliphatic carbocycles. The SMILES string of the molecule is O=Cc1ccc(C(O)C(O)CCl)cc1C(F)(F)F. The van der Waals surface area contributed by atoms with Crippen molar-refractivity contribution < 1.29 is 28.2 Å². The van der Waals surface area contributed by atoms with Crippen LogP contribution in [0.3, 0.4) is 0 Å². The molecule has 0 amide bonds. The Bertz CT molecular complexity index is 434. The highest BCUT2D eigenvalue weighted by molar-refractivity contribution is 6.18. The van der Waals surface area contributed by atoms with Gasteiger partial charge in [0.2, 0.25) is 0 Å². The lowest BCUT2D eigenvalue weighted by molar-refractivity contribution is -0.138. The second-order valence-electron chi connectivity index (χ2n) is 3.63. The molecule has 0 fully saturated rings. The van der Waals surface area contributed by atoms with Crippen molar-refractivity contribution in [2.75, 3.05) is 5.88 Å². The standard InChI is InChI=1S/C11H10ClF3O3/c12-4-9(17)10(18)6-1-2-7(5-16)8(3-6)11(13,14)15/h1-3,5,9-10,17-18H,4H2. The Balaban J connectivity index is 3.23. The van der Waals surface area contributed by atoms with Gasteiger partial charge in [0.15, 0.2) is 6.29 Å². The number of aliphatic hydroxyl groups excluding tert-OH is 2. The normalized spacial score (nSPS) is 15.2. The molecule has 0 aliphatic heterocycles. The number of halogens is 4. The van der Waals surface area contributed by atoms with Crippen molar-refractivity contribution in [3.63, 3.8) is 0 Å². The molecule has 0 radical (unpaired) electrons. The summed E-state index contributed by atoms with van der Waals surface area (Å²) < 4.78 is 37.9. The van der Waals surface area contributed by atoms with Crippen LogP contribution in [-0.4, -0.2) is 28.5 Å². The molecule has 2 atom stereocenters. The van der Waals surface area contributed by atoms with Crippen LogP contribution in [0.15, 0.2) is 18.2 Å². The van der Waals surface area contributed by atoms with E-state index < -0.39 is 29.5 Å². The number of rotatable bonds is 4. The average Bonchev–Trinajstić information content (AvgIpc) is 2.35. The number of hydrogen-bond acceptors (Lipinski definition) is 3. The molecule has 2 unspecified atom stereocenters. The van der Waals surface area contributed by atoms with E-state index in [1.54, 1.807) is 0 Å². The summed E-state index contributed by atoms with van der Waals surface area (Å²) in [5, 5.41) is 18.8. The van der Waals surface area contributed by atoms with Gasteiger partial charge in [-0.1, -0.05) is 12.1 Å². The molecule has 0 saturated carbocycles. The second kappa shape index (κ2) is 5.69. The van der Waals surface area contributed by atoms with Crippen LogP contribution < -0.4 is 0 Å². The highest BCUT2D eigenvalue weighted by atomic mass is 35.5. The molecule has 0 saturated heterocycles. The Morgan fingerprint density at radius 2 is 1.94 bits per heavy atom. The van der Waals surface area contributed by atoms with E-state index in [2.05, 4.69) is 0 Å². The third-order valence-electron chi connectivity index (χ3n) is 2.37. The van der Waals surface area contributed by atoms with E-state index in [-0.39, 0.29) is 17.7 Å². The number of carbonyl (C=O) groups excluding carboxylic acids is 1. The molecule has 0 bridgehead atoms. The molecule has 0 aliphatic rings. The minimum absolute atomic E-state index is 0.0803. The van der Waals surface area contributed by atoms with E-state index in [9.17, 15) is 28.2 Å². The van der Waals surface area contributed by atoms with Crippen molar-refractivity contribution in [1.82, 2.24) is 0 Å². The number of aldehydes is 1. The van der Waals surface area contributed by atoms with Crippen LogP contribution in [0.25, 0.3) is 0 Å². The average molecular weight is 283 g/mol. The van der Waals surface area contributed by atoms with Gasteiger partial charge >= 0.3 is 6.18 Å². The second-order valence-corrected chi connectivity index (χ2v) is 3.94. The number of alkyl halides is 4. The predicted octanol–water partition coefficient (Wildman–Crippen LogP) is 2.15. The van der Waals surface area contributed by atoms with E-state index in [0.717, 1.165) is 12.1 Å². The van der Waals surface area contributed by atoms with Gasteiger partial charge in [0.05, 0.1) is 17.5 Å². The third kappa shape index (κ3) is 3.22. The van der Waals surface area contributed by atoms with E-state index in [4.69, 9.17) is 11.6 Å². The number of benzene rings is 1. The largest absolute Gasteiger partial charge is 0.417 e. The summed E-state index contributed by atoms with van der Waals surface area (Å²) >= 11 is 5.30. The molecule has 0 aromatic heterocycles. The van der Waals surface area contributed by atoms with Crippen LogP contribution in [-0.2, 0) is 6.18 Å². The van der Waals surface area contributed by atoms with Gasteiger partial charge in [-0.3, -0.25) is 4.79 Å². The predicted molar refractivity (Wildman–Crippen MR) is 58.5 cm³/mol. The van der Waals surface area contributed by atoms with Crippen LogP contribution in [0.5, 0.6) is 0 Å². The van der Waals surface area contributed by atoms with Gasteiger partial charge < -0.3 is 10.2 Å². The molecule has 3 nitrogen and oxygen atoms in total. The van der Waals surface area contributed by atoms with Crippen molar-refractivity contribution in [2.24, 2.45) is 0 Å². The number of hydrogen-bond donors (Lipinski definition) is 2. The van der Waals surface area contributed by atoms with Crippen molar-refractivity contribution in [3.8, 4) is 0 Å². The van der Waals surface area contributed by atoms with Crippen LogP contribution in [0.2, 0.25) is 0 Å². The first-order valence-electron chi connectivity index (χ1n) is 4.89. The smallest absolute Gasteiger partial charge is 0.389 e. The summed E-state index contributed by atoms with van der Waals surface area (Å²) in [5.41, 5.74) is -1.84. The van der Waals surface area contributed by atoms with Crippen LogP contribution >= 0.6 is 11.6 Å². The van der Waals surface area contributed by atoms with Crippen molar-refractivity contribution in [2.45, 2.75) is 18.4 Å². The molecule has 2 N–H and O–H groups in total. The maximum Gasteiger partial charge on any atom is 0.417 e. The maximum absolute atomic E-state index is 12.6. The molecule has 0 heterocycles. The third-order valence-corrected chi connectivity index (χ3v) is 2.69. The van der Waals surface area contributed by atoms with Crippen molar-refractivity contribution in [1.29, 1.82) is 0 Å². The monoisotopic (exact) mass is 282 g/mol. The molecule has 7 heteroatoms. The molecule has 18 heavy (non-hydrogen) atoms. The van der Waals surface area contributed by atoms with E-state index >= 15 is 0 Å². The Morgan fingerprint density at radius 1 is 1.33 bits per heavy atom. The Kier molecular flexibility index (Phi) is 4.72. The summed E-state index contributed by atoms with van der Waals surface area (Å²) in [7, 11) is 0. The quantitative estimate of drug-likeness (QED) is 0.657. The lowest BCUT2D eigenvalue weighted by Crippen LogP contribution is -2.20. The highest BCUT2D eigenvalue weighted by Crippen LogP contribution is 2.33. The van der Waals surface area contributed by atoms with E-state index in [1.807, 2.05) is 0 Å². The topological polar surface area (TPSA) is 57.5 Å². The van der Waals surface area contributed by atoms with Gasteiger partial charge in [0.1, 0.15) is 6.10 Å². The fourth-order valence-electron chi connectivity index (χ4n) is 1.41. The van der Waals surface area contributed by atoms with Gasteiger partial charge in [-0.2, -0.15) is 13.2 Å². The zero-order valence-corrected chi connectivity index (χ0v) is 9.74. The Labute approximate surface area is 106 Å². The van der Waals surface area contributed by atoms with Gasteiger partial charge in [-0.25, -0.2) is 0 Å². The number of carbonyl (C=O) groups is 1. The van der Waals surface area contributed by atoms with Crippen LogP contribution in [0.1, 0.15) is 27.6 Å². The fourth-order valence-corrected chi connectivity index (χ4v) is 1.58. The fraction of sp³-hybridized carbons (Fsp3) is 0.364. The first-order valence-corrected chi connectivity index (χ1v) is 5.43. The van der Waals surface area contributed by atoms with Gasteiger partial charge in [-0.05, 0) is 11.6 Å². The molecule has 1 aromatic carbocycles. The van der Waals surface area contributed by atoms with Gasteiger partial charge in [-0.15, -0.1) is 11.6 Å². The first-order chi connectivity index (χ1) is 8.31. The lowest BCUT2D eigenvalue weighted by Gasteiger charge is -2.18. The zero-order valence-electron chi connectivity index (χ0n) is 8.99. The molecular formula is C11H10ClF3O3. The number of aliphatic hydroxyl groups is 2. The highest BCUT2D eigenvalue weighted by Gasteiger charge is 2.34. The summed E-state index contributed by atoms with van der Waals surface area (Å²) in [6, 6.07) is 2.71. The maximum atomic E-state index is 12.6. The summed E-state index contributed by atoms with van der Waals surface area (Å²) in [6.07, 6.45) is -7.55. The Hall–Kier alpha value is -1.11. The van der Waals surface area contributed by atoms with E-state index in [0.29, 0.717) is 6.07 Å². The summed E-state index contributed by atoms with van der Waals surface area (Å²) in [6.45, 7) is 0. The first kappa shape index (κ1) is 14.9. The zero-order chi connectivity index (χ0) is 13.9. The minimum Gasteiger partial charge on any atom is -0.389 e. The minimum atomic E-state index is -4.71. The van der Waals surface area contributed by atoms with Crippen LogP contribution in [0.4, 0.5) is 13.2 Å². The molecule has 100 valence electrons. The van der Waals surface area contributed by atoms with Gasteiger partial charge in [0.25, 0.3) is 0 Å². The molecule has 1 aromatic rings. The summed E-state index contributed by atoms with van der Waals surface area (Å²) in [5.74, 6) is -0.321. The molecule has 1 rings (SSSR count). The van der Waals surface area contributed by atoms with Crippen LogP contribution in [0, 0.1) is 0 Å². The van der Waals surface area contributed by atoms with Crippen molar-refractivity contribution >= 4 is 17.9 Å². The van der Waals surface area contributed by atoms with Gasteiger partial charge in [0, 0.05) is 5.56 Å². The Morgan fingerprint density at radius 3 is 2.39 bits per heavy atom. The summed E-state index contributed by atoms with van der Waals surface area (Å²) in [4.78, 5) is 10.5. The molecular weight excluding hydrogens is 273 g/mol. The van der Waals surface area contributed by atoms with E-state index in [1.165, 1.54) is 0 Å². The lowest BCUT2D eigenvalue weighted by atomic mass is 9.99. The molecule has 0 spiro atoms. The van der Waals surface area contributed by atoms with Crippen molar-refractivity contribution in [3.05, 3.63) is 34.9 Å².